The summed E-state index contributed by atoms with van der Waals surface area (Å²) < 4.78 is 24.8. The van der Waals surface area contributed by atoms with Gasteiger partial charge in [-0.25, -0.2) is 4.39 Å². The van der Waals surface area contributed by atoms with E-state index >= 15 is 0 Å². The van der Waals surface area contributed by atoms with Gasteiger partial charge in [0, 0.05) is 43.7 Å². The van der Waals surface area contributed by atoms with E-state index in [1.54, 1.807) is 30.7 Å². The molecule has 0 amide bonds. The van der Waals surface area contributed by atoms with E-state index in [2.05, 4.69) is 14.9 Å². The Morgan fingerprint density at radius 3 is 3.05 bits per heavy atom. The summed E-state index contributed by atoms with van der Waals surface area (Å²) in [5, 5.41) is 0. The first-order valence-electron chi connectivity index (χ1n) is 7.18. The van der Waals surface area contributed by atoms with Crippen molar-refractivity contribution in [2.75, 3.05) is 26.8 Å². The van der Waals surface area contributed by atoms with E-state index in [9.17, 15) is 4.39 Å². The molecule has 1 aromatic carbocycles. The third kappa shape index (κ3) is 3.40. The standard InChI is InChI=1S/C16H18FN3O2/c1-21-13-3-2-12(14(17)8-13)10-20-6-7-22-16(11-20)15-9-18-4-5-19-15/h2-5,8-9,16H,6-7,10-11H2,1H3/t16-/m0/s1. The Labute approximate surface area is 128 Å². The fourth-order valence-electron chi connectivity index (χ4n) is 2.53. The first kappa shape index (κ1) is 14.9. The number of nitrogens with zero attached hydrogens (tertiary/aromatic N) is 3. The SMILES string of the molecule is COc1ccc(CN2CCO[C@H](c3cnccn3)C2)c(F)c1. The highest BCUT2D eigenvalue weighted by molar-refractivity contribution is 5.28. The number of halogens is 1. The lowest BCUT2D eigenvalue weighted by Crippen LogP contribution is -2.38. The maximum Gasteiger partial charge on any atom is 0.131 e. The molecule has 1 atom stereocenters. The van der Waals surface area contributed by atoms with E-state index in [1.807, 2.05) is 0 Å². The molecule has 1 aromatic heterocycles. The zero-order valence-corrected chi connectivity index (χ0v) is 12.4. The molecular weight excluding hydrogens is 285 g/mol. The topological polar surface area (TPSA) is 47.5 Å². The number of hydrogen-bond donors (Lipinski definition) is 0. The number of aromatic nitrogens is 2. The van der Waals surface area contributed by atoms with Gasteiger partial charge in [0.2, 0.25) is 0 Å². The molecule has 1 fully saturated rings. The molecule has 2 aromatic rings. The molecule has 0 radical (unpaired) electrons. The Bertz CT molecular complexity index is 624. The molecule has 1 aliphatic rings. The summed E-state index contributed by atoms with van der Waals surface area (Å²) >= 11 is 0. The first-order valence-corrected chi connectivity index (χ1v) is 7.18. The summed E-state index contributed by atoms with van der Waals surface area (Å²) in [6.07, 6.45) is 4.88. The average Bonchev–Trinajstić information content (AvgIpc) is 2.58. The largest absolute Gasteiger partial charge is 0.497 e. The van der Waals surface area contributed by atoms with E-state index in [1.165, 1.54) is 13.2 Å². The van der Waals surface area contributed by atoms with Gasteiger partial charge in [-0.05, 0) is 6.07 Å². The van der Waals surface area contributed by atoms with E-state index < -0.39 is 0 Å². The van der Waals surface area contributed by atoms with Gasteiger partial charge < -0.3 is 9.47 Å². The van der Waals surface area contributed by atoms with Crippen LogP contribution in [0.3, 0.4) is 0 Å². The quantitative estimate of drug-likeness (QED) is 0.866. The Morgan fingerprint density at radius 1 is 1.41 bits per heavy atom. The van der Waals surface area contributed by atoms with Crippen LogP contribution in [0.1, 0.15) is 17.4 Å². The molecule has 0 spiro atoms. The second-order valence-corrected chi connectivity index (χ2v) is 5.18. The minimum absolute atomic E-state index is 0.122. The van der Waals surface area contributed by atoms with Crippen LogP contribution in [0.25, 0.3) is 0 Å². The Morgan fingerprint density at radius 2 is 2.32 bits per heavy atom. The Kier molecular flexibility index (Phi) is 4.60. The van der Waals surface area contributed by atoms with Gasteiger partial charge in [-0.2, -0.15) is 0 Å². The second-order valence-electron chi connectivity index (χ2n) is 5.18. The molecule has 116 valence electrons. The minimum Gasteiger partial charge on any atom is -0.497 e. The summed E-state index contributed by atoms with van der Waals surface area (Å²) in [7, 11) is 1.53. The molecule has 3 rings (SSSR count). The average molecular weight is 303 g/mol. The zero-order valence-electron chi connectivity index (χ0n) is 12.4. The van der Waals surface area contributed by atoms with Gasteiger partial charge >= 0.3 is 0 Å². The molecule has 5 nitrogen and oxygen atoms in total. The number of ether oxygens (including phenoxy) is 2. The maximum absolute atomic E-state index is 14.1. The molecule has 2 heterocycles. The Balaban J connectivity index is 1.68. The van der Waals surface area contributed by atoms with Crippen molar-refractivity contribution in [3.8, 4) is 5.75 Å². The highest BCUT2D eigenvalue weighted by Crippen LogP contribution is 2.23. The van der Waals surface area contributed by atoms with Crippen molar-refractivity contribution < 1.29 is 13.9 Å². The molecule has 1 aliphatic heterocycles. The van der Waals surface area contributed by atoms with E-state index in [0.717, 1.165) is 12.2 Å². The number of rotatable bonds is 4. The summed E-state index contributed by atoms with van der Waals surface area (Å²) in [4.78, 5) is 10.5. The highest BCUT2D eigenvalue weighted by Gasteiger charge is 2.23. The third-order valence-electron chi connectivity index (χ3n) is 3.72. The van der Waals surface area contributed by atoms with Crippen molar-refractivity contribution in [1.29, 1.82) is 0 Å². The molecule has 1 saturated heterocycles. The van der Waals surface area contributed by atoms with Gasteiger partial charge in [0.15, 0.2) is 0 Å². The number of hydrogen-bond acceptors (Lipinski definition) is 5. The molecule has 0 aliphatic carbocycles. The van der Waals surface area contributed by atoms with Gasteiger partial charge in [0.25, 0.3) is 0 Å². The number of benzene rings is 1. The molecule has 0 bridgehead atoms. The summed E-state index contributed by atoms with van der Waals surface area (Å²) in [5.74, 6) is 0.280. The minimum atomic E-state index is -0.248. The fourth-order valence-corrected chi connectivity index (χ4v) is 2.53. The van der Waals surface area contributed by atoms with Crippen molar-refractivity contribution in [3.63, 3.8) is 0 Å². The van der Waals surface area contributed by atoms with Crippen molar-refractivity contribution in [2.24, 2.45) is 0 Å². The lowest BCUT2D eigenvalue weighted by Gasteiger charge is -2.32. The lowest BCUT2D eigenvalue weighted by molar-refractivity contribution is -0.0354. The predicted molar refractivity (Wildman–Crippen MR) is 79.0 cm³/mol. The van der Waals surface area contributed by atoms with Gasteiger partial charge in [0.05, 0.1) is 25.6 Å². The molecule has 0 saturated carbocycles. The van der Waals surface area contributed by atoms with Crippen molar-refractivity contribution in [2.45, 2.75) is 12.6 Å². The van der Waals surface area contributed by atoms with Gasteiger partial charge in [-0.1, -0.05) is 6.07 Å². The summed E-state index contributed by atoms with van der Waals surface area (Å²) in [6, 6.07) is 4.95. The van der Waals surface area contributed by atoms with Gasteiger partial charge in [0.1, 0.15) is 17.7 Å². The van der Waals surface area contributed by atoms with Crippen LogP contribution in [-0.2, 0) is 11.3 Å². The predicted octanol–water partition coefficient (Wildman–Crippen LogP) is 2.20. The van der Waals surface area contributed by atoms with E-state index in [-0.39, 0.29) is 11.9 Å². The number of morpholine rings is 1. The van der Waals surface area contributed by atoms with Crippen LogP contribution in [0, 0.1) is 5.82 Å². The van der Waals surface area contributed by atoms with Crippen LogP contribution in [0.4, 0.5) is 4.39 Å². The van der Waals surface area contributed by atoms with Crippen LogP contribution >= 0.6 is 0 Å². The van der Waals surface area contributed by atoms with E-state index in [0.29, 0.717) is 31.0 Å². The first-order chi connectivity index (χ1) is 10.8. The van der Waals surface area contributed by atoms with Crippen molar-refractivity contribution in [3.05, 3.63) is 53.9 Å². The van der Waals surface area contributed by atoms with Crippen molar-refractivity contribution >= 4 is 0 Å². The van der Waals surface area contributed by atoms with Crippen LogP contribution in [0.2, 0.25) is 0 Å². The third-order valence-corrected chi connectivity index (χ3v) is 3.72. The number of methoxy groups -OCH3 is 1. The van der Waals surface area contributed by atoms with Gasteiger partial charge in [-0.15, -0.1) is 0 Å². The zero-order chi connectivity index (χ0) is 15.4. The highest BCUT2D eigenvalue weighted by atomic mass is 19.1. The normalized spacial score (nSPS) is 19.1. The summed E-state index contributed by atoms with van der Waals surface area (Å²) in [6.45, 7) is 2.57. The van der Waals surface area contributed by atoms with Crippen LogP contribution in [0.5, 0.6) is 5.75 Å². The molecule has 22 heavy (non-hydrogen) atoms. The van der Waals surface area contributed by atoms with Gasteiger partial charge in [-0.3, -0.25) is 14.9 Å². The fraction of sp³-hybridized carbons (Fsp3) is 0.375. The van der Waals surface area contributed by atoms with Crippen LogP contribution in [0.15, 0.2) is 36.8 Å². The van der Waals surface area contributed by atoms with Crippen LogP contribution < -0.4 is 4.74 Å². The molecular formula is C16H18FN3O2. The van der Waals surface area contributed by atoms with Crippen LogP contribution in [-0.4, -0.2) is 41.7 Å². The Hall–Kier alpha value is -2.05. The molecule has 6 heteroatoms. The molecule has 0 unspecified atom stereocenters. The lowest BCUT2D eigenvalue weighted by atomic mass is 10.1. The monoisotopic (exact) mass is 303 g/mol. The summed E-state index contributed by atoms with van der Waals surface area (Å²) in [5.41, 5.74) is 1.46. The second kappa shape index (κ2) is 6.81. The van der Waals surface area contributed by atoms with Crippen molar-refractivity contribution in [1.82, 2.24) is 14.9 Å². The van der Waals surface area contributed by atoms with E-state index in [4.69, 9.17) is 9.47 Å². The maximum atomic E-state index is 14.1. The smallest absolute Gasteiger partial charge is 0.131 e. The molecule has 0 N–H and O–H groups in total.